The summed E-state index contributed by atoms with van der Waals surface area (Å²) in [5, 5.41) is 0. The number of rotatable bonds is 16. The Bertz CT molecular complexity index is 308. The third-order valence-electron chi connectivity index (χ3n) is 5.46. The van der Waals surface area contributed by atoms with E-state index in [2.05, 4.69) is 32.8 Å². The van der Waals surface area contributed by atoms with Crippen LogP contribution in [-0.4, -0.2) is 37.6 Å². The summed E-state index contributed by atoms with van der Waals surface area (Å²) in [5.41, 5.74) is 0. The molecule has 0 spiro atoms. The lowest BCUT2D eigenvalue weighted by molar-refractivity contribution is -0.232. The molecule has 0 aromatic heterocycles. The summed E-state index contributed by atoms with van der Waals surface area (Å²) in [6.45, 7) is 5.22. The Hall–Kier alpha value is -0.120. The molecule has 0 bridgehead atoms. The maximum Gasteiger partial charge on any atom is 0.167 e. The van der Waals surface area contributed by atoms with Crippen LogP contribution in [0.4, 0.5) is 0 Å². The Balaban J connectivity index is 1.82. The van der Waals surface area contributed by atoms with Gasteiger partial charge in [0.2, 0.25) is 0 Å². The van der Waals surface area contributed by atoms with Crippen molar-refractivity contribution in [3.8, 4) is 0 Å². The molecule has 25 heavy (non-hydrogen) atoms. The smallest absolute Gasteiger partial charge is 0.167 e. The monoisotopic (exact) mass is 355 g/mol. The molecule has 3 heteroatoms. The van der Waals surface area contributed by atoms with Crippen LogP contribution in [0.5, 0.6) is 0 Å². The quantitative estimate of drug-likeness (QED) is 0.295. The van der Waals surface area contributed by atoms with E-state index in [1.165, 1.54) is 83.5 Å². The van der Waals surface area contributed by atoms with E-state index in [9.17, 15) is 0 Å². The van der Waals surface area contributed by atoms with Crippen molar-refractivity contribution in [2.24, 2.45) is 0 Å². The summed E-state index contributed by atoms with van der Waals surface area (Å²) in [6, 6.07) is 0. The van der Waals surface area contributed by atoms with Crippen molar-refractivity contribution in [1.29, 1.82) is 0 Å². The van der Waals surface area contributed by atoms with Gasteiger partial charge >= 0.3 is 0 Å². The van der Waals surface area contributed by atoms with Crippen molar-refractivity contribution in [3.63, 3.8) is 0 Å². The molecule has 0 radical (unpaired) electrons. The first-order valence-electron chi connectivity index (χ1n) is 11.1. The average molecular weight is 356 g/mol. The fourth-order valence-electron chi connectivity index (χ4n) is 3.67. The van der Waals surface area contributed by atoms with Gasteiger partial charge in [-0.15, -0.1) is 0 Å². The van der Waals surface area contributed by atoms with E-state index in [0.717, 1.165) is 19.4 Å². The molecule has 1 aliphatic rings. The highest BCUT2D eigenvalue weighted by Gasteiger charge is 2.37. The summed E-state index contributed by atoms with van der Waals surface area (Å²) in [6.07, 6.45) is 20.4. The molecular weight excluding hydrogens is 310 g/mol. The van der Waals surface area contributed by atoms with Crippen LogP contribution in [-0.2, 0) is 9.47 Å². The third kappa shape index (κ3) is 11.2. The zero-order chi connectivity index (χ0) is 18.4. The molecule has 0 saturated carbocycles. The molecule has 1 fully saturated rings. The van der Waals surface area contributed by atoms with E-state index in [4.69, 9.17) is 9.47 Å². The topological polar surface area (TPSA) is 21.7 Å². The molecule has 0 amide bonds. The second kappa shape index (κ2) is 14.0. The van der Waals surface area contributed by atoms with Gasteiger partial charge in [0.25, 0.3) is 0 Å². The fraction of sp³-hybridized carbons (Fsp3) is 1.00. The molecular formula is C22H45NO2. The Kier molecular flexibility index (Phi) is 12.8. The van der Waals surface area contributed by atoms with Crippen LogP contribution < -0.4 is 0 Å². The summed E-state index contributed by atoms with van der Waals surface area (Å²) < 4.78 is 12.0. The Morgan fingerprint density at radius 1 is 0.840 bits per heavy atom. The zero-order valence-electron chi connectivity index (χ0n) is 17.7. The predicted molar refractivity (Wildman–Crippen MR) is 108 cm³/mol. The SMILES string of the molecule is CCCCCCCCCCCCCCCOC1(C)CCC(N(C)C)O1. The molecule has 0 aromatic carbocycles. The molecule has 1 saturated heterocycles. The molecule has 150 valence electrons. The van der Waals surface area contributed by atoms with E-state index in [1.807, 2.05) is 0 Å². The van der Waals surface area contributed by atoms with Crippen LogP contribution in [0.3, 0.4) is 0 Å². The highest BCUT2D eigenvalue weighted by atomic mass is 16.7. The number of ether oxygens (including phenoxy) is 2. The number of hydrogen-bond acceptors (Lipinski definition) is 3. The van der Waals surface area contributed by atoms with Gasteiger partial charge in [0.05, 0.1) is 6.61 Å². The molecule has 0 N–H and O–H groups in total. The summed E-state index contributed by atoms with van der Waals surface area (Å²) in [4.78, 5) is 2.14. The third-order valence-corrected chi connectivity index (χ3v) is 5.46. The minimum atomic E-state index is -0.355. The average Bonchev–Trinajstić information content (AvgIpc) is 2.98. The second-order valence-corrected chi connectivity index (χ2v) is 8.30. The molecule has 0 aliphatic carbocycles. The van der Waals surface area contributed by atoms with E-state index in [-0.39, 0.29) is 12.0 Å². The normalized spacial score (nSPS) is 23.6. The van der Waals surface area contributed by atoms with Crippen LogP contribution in [0.2, 0.25) is 0 Å². The summed E-state index contributed by atoms with van der Waals surface area (Å²) in [5.74, 6) is -0.355. The molecule has 0 aromatic rings. The molecule has 3 nitrogen and oxygen atoms in total. The summed E-state index contributed by atoms with van der Waals surface area (Å²) >= 11 is 0. The van der Waals surface area contributed by atoms with Gasteiger partial charge in [-0.05, 0) is 33.9 Å². The lowest BCUT2D eigenvalue weighted by Gasteiger charge is -2.27. The van der Waals surface area contributed by atoms with Gasteiger partial charge in [-0.1, -0.05) is 84.0 Å². The van der Waals surface area contributed by atoms with E-state index < -0.39 is 0 Å². The maximum atomic E-state index is 6.03. The first-order chi connectivity index (χ1) is 12.1. The number of hydrogen-bond donors (Lipinski definition) is 0. The zero-order valence-corrected chi connectivity index (χ0v) is 17.7. The number of nitrogens with zero attached hydrogens (tertiary/aromatic N) is 1. The lowest BCUT2D eigenvalue weighted by atomic mass is 10.0. The first-order valence-corrected chi connectivity index (χ1v) is 11.1. The van der Waals surface area contributed by atoms with Gasteiger partial charge < -0.3 is 9.47 Å². The Morgan fingerprint density at radius 2 is 1.32 bits per heavy atom. The van der Waals surface area contributed by atoms with Crippen molar-refractivity contribution < 1.29 is 9.47 Å². The highest BCUT2D eigenvalue weighted by molar-refractivity contribution is 4.76. The van der Waals surface area contributed by atoms with E-state index >= 15 is 0 Å². The van der Waals surface area contributed by atoms with Gasteiger partial charge in [0.15, 0.2) is 5.79 Å². The molecule has 2 unspecified atom stereocenters. The second-order valence-electron chi connectivity index (χ2n) is 8.30. The van der Waals surface area contributed by atoms with Gasteiger partial charge in [-0.3, -0.25) is 4.90 Å². The minimum Gasteiger partial charge on any atom is -0.350 e. The van der Waals surface area contributed by atoms with Crippen LogP contribution in [0.15, 0.2) is 0 Å². The van der Waals surface area contributed by atoms with Crippen molar-refractivity contribution in [3.05, 3.63) is 0 Å². The molecule has 1 aliphatic heterocycles. The van der Waals surface area contributed by atoms with Crippen LogP contribution in [0.25, 0.3) is 0 Å². The maximum absolute atomic E-state index is 6.03. The van der Waals surface area contributed by atoms with Gasteiger partial charge in [-0.2, -0.15) is 0 Å². The first kappa shape index (κ1) is 22.9. The standard InChI is InChI=1S/C22H45NO2/c1-5-6-7-8-9-10-11-12-13-14-15-16-17-20-24-22(2)19-18-21(25-22)23(3)4/h21H,5-20H2,1-4H3. The minimum absolute atomic E-state index is 0.219. The highest BCUT2D eigenvalue weighted by Crippen LogP contribution is 2.32. The predicted octanol–water partition coefficient (Wildman–Crippen LogP) is 6.51. The van der Waals surface area contributed by atoms with Crippen LogP contribution in [0.1, 0.15) is 110 Å². The van der Waals surface area contributed by atoms with Crippen molar-refractivity contribution in [2.75, 3.05) is 20.7 Å². The van der Waals surface area contributed by atoms with Gasteiger partial charge in [0, 0.05) is 6.42 Å². The summed E-state index contributed by atoms with van der Waals surface area (Å²) in [7, 11) is 4.14. The van der Waals surface area contributed by atoms with Crippen molar-refractivity contribution in [1.82, 2.24) is 4.90 Å². The Morgan fingerprint density at radius 3 is 1.76 bits per heavy atom. The van der Waals surface area contributed by atoms with E-state index in [1.54, 1.807) is 0 Å². The molecule has 2 atom stereocenters. The van der Waals surface area contributed by atoms with Crippen LogP contribution >= 0.6 is 0 Å². The van der Waals surface area contributed by atoms with Gasteiger partial charge in [0.1, 0.15) is 6.23 Å². The number of unbranched alkanes of at least 4 members (excludes halogenated alkanes) is 12. The fourth-order valence-corrected chi connectivity index (χ4v) is 3.67. The van der Waals surface area contributed by atoms with Gasteiger partial charge in [-0.25, -0.2) is 0 Å². The molecule has 1 rings (SSSR count). The lowest BCUT2D eigenvalue weighted by Crippen LogP contribution is -2.34. The Labute approximate surface area is 157 Å². The molecule has 1 heterocycles. The largest absolute Gasteiger partial charge is 0.350 e. The van der Waals surface area contributed by atoms with Crippen molar-refractivity contribution in [2.45, 2.75) is 122 Å². The van der Waals surface area contributed by atoms with Crippen LogP contribution in [0, 0.1) is 0 Å². The van der Waals surface area contributed by atoms with E-state index in [0.29, 0.717) is 0 Å². The van der Waals surface area contributed by atoms with Crippen molar-refractivity contribution >= 4 is 0 Å².